The standard InChI is InChI=1S/C21H21F2N3O4S/c1-4-29-20(28)17-9-15(10-24)19(25-13(17)2)31-12-18(27)26(3)11-14-5-7-16(8-6-14)30-21(22)23/h5-9,21H,4,11-12H2,1-3H3. The summed E-state index contributed by atoms with van der Waals surface area (Å²) >= 11 is 1.10. The molecule has 2 rings (SSSR count). The first-order valence-corrected chi connectivity index (χ1v) is 10.2. The lowest BCUT2D eigenvalue weighted by Gasteiger charge is -2.17. The Morgan fingerprint density at radius 3 is 2.55 bits per heavy atom. The summed E-state index contributed by atoms with van der Waals surface area (Å²) in [6, 6.07) is 9.42. The number of thioether (sulfide) groups is 1. The summed E-state index contributed by atoms with van der Waals surface area (Å²) in [4.78, 5) is 30.2. The second kappa shape index (κ2) is 11.3. The van der Waals surface area contributed by atoms with Gasteiger partial charge < -0.3 is 14.4 Å². The van der Waals surface area contributed by atoms with Crippen LogP contribution in [0.5, 0.6) is 5.75 Å². The van der Waals surface area contributed by atoms with E-state index >= 15 is 0 Å². The van der Waals surface area contributed by atoms with E-state index in [1.165, 1.54) is 23.1 Å². The van der Waals surface area contributed by atoms with Crippen LogP contribution in [0, 0.1) is 18.3 Å². The predicted molar refractivity (Wildman–Crippen MR) is 110 cm³/mol. The number of hydrogen-bond donors (Lipinski definition) is 0. The van der Waals surface area contributed by atoms with Crippen LogP contribution < -0.4 is 4.74 Å². The molecule has 0 aliphatic heterocycles. The number of aromatic nitrogens is 1. The fourth-order valence-electron chi connectivity index (χ4n) is 2.57. The number of amides is 1. The molecule has 1 aromatic carbocycles. The molecule has 31 heavy (non-hydrogen) atoms. The molecule has 2 aromatic rings. The number of carbonyl (C=O) groups is 2. The molecule has 0 atom stereocenters. The van der Waals surface area contributed by atoms with Gasteiger partial charge in [0, 0.05) is 13.6 Å². The summed E-state index contributed by atoms with van der Waals surface area (Å²) in [5.74, 6) is -0.694. The number of alkyl halides is 2. The Labute approximate surface area is 183 Å². The maximum absolute atomic E-state index is 12.5. The Kier molecular flexibility index (Phi) is 8.75. The van der Waals surface area contributed by atoms with Gasteiger partial charge in [0.1, 0.15) is 16.8 Å². The molecule has 0 aliphatic rings. The molecule has 0 bridgehead atoms. The topological polar surface area (TPSA) is 92.5 Å². The first kappa shape index (κ1) is 24.1. The number of carbonyl (C=O) groups excluding carboxylic acids is 2. The fraction of sp³-hybridized carbons (Fsp3) is 0.333. The highest BCUT2D eigenvalue weighted by atomic mass is 32.2. The fourth-order valence-corrected chi connectivity index (χ4v) is 3.51. The largest absolute Gasteiger partial charge is 0.462 e. The van der Waals surface area contributed by atoms with Crippen molar-refractivity contribution in [3.63, 3.8) is 0 Å². The molecule has 0 unspecified atom stereocenters. The Bertz CT molecular complexity index is 978. The van der Waals surface area contributed by atoms with Gasteiger partial charge >= 0.3 is 12.6 Å². The number of nitriles is 1. The van der Waals surface area contributed by atoms with Gasteiger partial charge in [0.25, 0.3) is 0 Å². The molecule has 10 heteroatoms. The molecular weight excluding hydrogens is 428 g/mol. The average Bonchev–Trinajstić information content (AvgIpc) is 2.73. The van der Waals surface area contributed by atoms with Gasteiger partial charge in [-0.3, -0.25) is 4.79 Å². The van der Waals surface area contributed by atoms with Gasteiger partial charge in [0.05, 0.1) is 29.2 Å². The van der Waals surface area contributed by atoms with Gasteiger partial charge in [-0.05, 0) is 37.6 Å². The number of hydrogen-bond acceptors (Lipinski definition) is 7. The van der Waals surface area contributed by atoms with E-state index in [1.54, 1.807) is 33.0 Å². The summed E-state index contributed by atoms with van der Waals surface area (Å²) in [6.45, 7) is 0.901. The third-order valence-corrected chi connectivity index (χ3v) is 5.10. The van der Waals surface area contributed by atoms with Crippen LogP contribution in [0.3, 0.4) is 0 Å². The molecule has 0 fully saturated rings. The predicted octanol–water partition coefficient (Wildman–Crippen LogP) is 3.79. The molecule has 1 aromatic heterocycles. The van der Waals surface area contributed by atoms with Crippen LogP contribution >= 0.6 is 11.8 Å². The van der Waals surface area contributed by atoms with Crippen molar-refractivity contribution < 1.29 is 27.8 Å². The highest BCUT2D eigenvalue weighted by Gasteiger charge is 2.18. The lowest BCUT2D eigenvalue weighted by molar-refractivity contribution is -0.127. The van der Waals surface area contributed by atoms with Gasteiger partial charge in [0.15, 0.2) is 0 Å². The number of halogens is 2. The zero-order valence-electron chi connectivity index (χ0n) is 17.2. The van der Waals surface area contributed by atoms with E-state index in [0.29, 0.717) is 10.7 Å². The molecule has 0 spiro atoms. The van der Waals surface area contributed by atoms with Crippen molar-refractivity contribution in [2.75, 3.05) is 19.4 Å². The first-order valence-electron chi connectivity index (χ1n) is 9.24. The Balaban J connectivity index is 2.00. The average molecular weight is 449 g/mol. The molecule has 1 heterocycles. The van der Waals surface area contributed by atoms with Crippen molar-refractivity contribution >= 4 is 23.6 Å². The van der Waals surface area contributed by atoms with Gasteiger partial charge in [-0.15, -0.1) is 0 Å². The van der Waals surface area contributed by atoms with Gasteiger partial charge in [0.2, 0.25) is 5.91 Å². The first-order chi connectivity index (χ1) is 14.7. The minimum atomic E-state index is -2.89. The molecular formula is C21H21F2N3O4S. The number of nitrogens with zero attached hydrogens (tertiary/aromatic N) is 3. The normalized spacial score (nSPS) is 10.5. The minimum Gasteiger partial charge on any atom is -0.462 e. The lowest BCUT2D eigenvalue weighted by atomic mass is 10.1. The number of pyridine rings is 1. The zero-order valence-corrected chi connectivity index (χ0v) is 18.0. The number of rotatable bonds is 9. The second-order valence-electron chi connectivity index (χ2n) is 6.37. The summed E-state index contributed by atoms with van der Waals surface area (Å²) < 4.78 is 33.7. The van der Waals surface area contributed by atoms with Crippen molar-refractivity contribution in [2.45, 2.75) is 32.0 Å². The third kappa shape index (κ3) is 6.93. The highest BCUT2D eigenvalue weighted by molar-refractivity contribution is 8.00. The SMILES string of the molecule is CCOC(=O)c1cc(C#N)c(SCC(=O)N(C)Cc2ccc(OC(F)F)cc2)nc1C. The van der Waals surface area contributed by atoms with Crippen LogP contribution in [0.25, 0.3) is 0 Å². The van der Waals surface area contributed by atoms with Gasteiger partial charge in [-0.2, -0.15) is 14.0 Å². The maximum Gasteiger partial charge on any atom is 0.387 e. The van der Waals surface area contributed by atoms with Crippen molar-refractivity contribution in [1.29, 1.82) is 5.26 Å². The van der Waals surface area contributed by atoms with Crippen LogP contribution in [-0.4, -0.2) is 47.8 Å². The summed E-state index contributed by atoms with van der Waals surface area (Å²) in [5.41, 5.74) is 1.55. The molecule has 7 nitrogen and oxygen atoms in total. The van der Waals surface area contributed by atoms with E-state index in [4.69, 9.17) is 4.74 Å². The summed E-state index contributed by atoms with van der Waals surface area (Å²) in [6.07, 6.45) is 0. The molecule has 0 saturated carbocycles. The maximum atomic E-state index is 12.5. The van der Waals surface area contributed by atoms with E-state index in [0.717, 1.165) is 17.3 Å². The van der Waals surface area contributed by atoms with E-state index < -0.39 is 12.6 Å². The minimum absolute atomic E-state index is 0.0307. The van der Waals surface area contributed by atoms with Gasteiger partial charge in [-0.25, -0.2) is 9.78 Å². The lowest BCUT2D eigenvalue weighted by Crippen LogP contribution is -2.27. The quantitative estimate of drug-likeness (QED) is 0.425. The van der Waals surface area contributed by atoms with E-state index in [1.807, 2.05) is 6.07 Å². The molecule has 164 valence electrons. The van der Waals surface area contributed by atoms with E-state index in [2.05, 4.69) is 9.72 Å². The number of aryl methyl sites for hydroxylation is 1. The molecule has 0 radical (unpaired) electrons. The molecule has 0 N–H and O–H groups in total. The van der Waals surface area contributed by atoms with Crippen molar-refractivity contribution in [3.8, 4) is 11.8 Å². The van der Waals surface area contributed by atoms with Crippen molar-refractivity contribution in [2.24, 2.45) is 0 Å². The molecule has 0 aliphatic carbocycles. The Morgan fingerprint density at radius 1 is 1.29 bits per heavy atom. The second-order valence-corrected chi connectivity index (χ2v) is 7.33. The van der Waals surface area contributed by atoms with Crippen LogP contribution in [-0.2, 0) is 16.1 Å². The van der Waals surface area contributed by atoms with Crippen molar-refractivity contribution in [1.82, 2.24) is 9.88 Å². The Morgan fingerprint density at radius 2 is 1.97 bits per heavy atom. The molecule has 0 saturated heterocycles. The van der Waals surface area contributed by atoms with Crippen LogP contribution in [0.1, 0.15) is 34.1 Å². The smallest absolute Gasteiger partial charge is 0.387 e. The van der Waals surface area contributed by atoms with Crippen LogP contribution in [0.2, 0.25) is 0 Å². The van der Waals surface area contributed by atoms with Crippen LogP contribution in [0.15, 0.2) is 35.4 Å². The third-order valence-electron chi connectivity index (χ3n) is 4.12. The van der Waals surface area contributed by atoms with Crippen LogP contribution in [0.4, 0.5) is 8.78 Å². The van der Waals surface area contributed by atoms with Crippen molar-refractivity contribution in [3.05, 3.63) is 52.7 Å². The summed E-state index contributed by atoms with van der Waals surface area (Å²) in [7, 11) is 1.61. The molecule has 1 amide bonds. The highest BCUT2D eigenvalue weighted by Crippen LogP contribution is 2.24. The Hall–Kier alpha value is -3.19. The monoisotopic (exact) mass is 449 g/mol. The van der Waals surface area contributed by atoms with Gasteiger partial charge in [-0.1, -0.05) is 23.9 Å². The number of benzene rings is 1. The summed E-state index contributed by atoms with van der Waals surface area (Å²) in [5, 5.41) is 9.73. The van der Waals surface area contributed by atoms with E-state index in [9.17, 15) is 23.6 Å². The number of esters is 1. The zero-order chi connectivity index (χ0) is 23.0. The van der Waals surface area contributed by atoms with E-state index in [-0.39, 0.29) is 41.7 Å². The number of ether oxygens (including phenoxy) is 2.